The Morgan fingerprint density at radius 3 is 2.46 bits per heavy atom. The van der Waals surface area contributed by atoms with Crippen LogP contribution in [-0.4, -0.2) is 69.4 Å². The Bertz CT molecular complexity index is 1550. The van der Waals surface area contributed by atoms with E-state index >= 15 is 0 Å². The normalized spacial score (nSPS) is 14.9. The SMILES string of the molecule is CCN1CCN(CC(=O)Cc2cc(Oc3ccc4c(c3)nc(Nc3ccc(C(F)(F)F)cc3Cl)n4C)ccn2)CC1. The summed E-state index contributed by atoms with van der Waals surface area (Å²) >= 11 is 6.11. The zero-order valence-corrected chi connectivity index (χ0v) is 23.5. The van der Waals surface area contributed by atoms with Crippen LogP contribution in [0, 0.1) is 0 Å². The molecule has 2 aromatic carbocycles. The molecule has 0 radical (unpaired) electrons. The lowest BCUT2D eigenvalue weighted by Crippen LogP contribution is -2.47. The predicted octanol–water partition coefficient (Wildman–Crippen LogP) is 5.93. The number of ketones is 1. The van der Waals surface area contributed by atoms with E-state index in [-0.39, 0.29) is 17.2 Å². The molecule has 216 valence electrons. The molecule has 0 saturated carbocycles. The number of fused-ring (bicyclic) bond motifs is 1. The molecule has 0 atom stereocenters. The maximum Gasteiger partial charge on any atom is 0.416 e. The number of ether oxygens (including phenoxy) is 1. The molecule has 0 bridgehead atoms. The summed E-state index contributed by atoms with van der Waals surface area (Å²) in [6.45, 7) is 7.32. The quantitative estimate of drug-likeness (QED) is 0.261. The largest absolute Gasteiger partial charge is 0.457 e. The number of nitrogens with zero attached hydrogens (tertiary/aromatic N) is 5. The number of benzene rings is 2. The molecule has 1 N–H and O–H groups in total. The number of hydrogen-bond donors (Lipinski definition) is 1. The second kappa shape index (κ2) is 12.1. The van der Waals surface area contributed by atoms with Crippen LogP contribution in [0.3, 0.4) is 0 Å². The van der Waals surface area contributed by atoms with Gasteiger partial charge < -0.3 is 19.5 Å². The molecular weight excluding hydrogens is 557 g/mol. The molecule has 1 saturated heterocycles. The van der Waals surface area contributed by atoms with Crippen LogP contribution in [0.2, 0.25) is 5.02 Å². The number of hydrogen-bond acceptors (Lipinski definition) is 7. The minimum Gasteiger partial charge on any atom is -0.457 e. The number of imidazole rings is 1. The van der Waals surface area contributed by atoms with Crippen LogP contribution in [0.25, 0.3) is 11.0 Å². The molecule has 2 aromatic heterocycles. The van der Waals surface area contributed by atoms with E-state index in [1.54, 1.807) is 42.1 Å². The zero-order valence-electron chi connectivity index (χ0n) is 22.7. The number of rotatable bonds is 9. The van der Waals surface area contributed by atoms with Gasteiger partial charge in [-0.1, -0.05) is 18.5 Å². The van der Waals surface area contributed by atoms with E-state index in [2.05, 4.69) is 32.0 Å². The maximum absolute atomic E-state index is 13.0. The predicted molar refractivity (Wildman–Crippen MR) is 152 cm³/mol. The molecule has 1 fully saturated rings. The van der Waals surface area contributed by atoms with Gasteiger partial charge in [0.1, 0.15) is 11.5 Å². The molecule has 0 amide bonds. The van der Waals surface area contributed by atoms with E-state index in [1.807, 2.05) is 6.07 Å². The first kappa shape index (κ1) is 28.8. The van der Waals surface area contributed by atoms with Crippen molar-refractivity contribution < 1.29 is 22.7 Å². The maximum atomic E-state index is 13.0. The number of carbonyl (C=O) groups is 1. The topological polar surface area (TPSA) is 75.5 Å². The number of piperazine rings is 1. The van der Waals surface area contributed by atoms with Crippen molar-refractivity contribution in [3.63, 3.8) is 0 Å². The average molecular weight is 587 g/mol. The van der Waals surface area contributed by atoms with Gasteiger partial charge in [0, 0.05) is 51.6 Å². The van der Waals surface area contributed by atoms with Crippen LogP contribution >= 0.6 is 11.6 Å². The molecule has 41 heavy (non-hydrogen) atoms. The van der Waals surface area contributed by atoms with Gasteiger partial charge in [-0.15, -0.1) is 0 Å². The van der Waals surface area contributed by atoms with E-state index < -0.39 is 11.7 Å². The van der Waals surface area contributed by atoms with Gasteiger partial charge in [-0.05, 0) is 42.9 Å². The van der Waals surface area contributed by atoms with E-state index in [0.717, 1.165) is 50.4 Å². The Labute approximate surface area is 240 Å². The van der Waals surface area contributed by atoms with Crippen molar-refractivity contribution in [3.05, 3.63) is 71.0 Å². The highest BCUT2D eigenvalue weighted by atomic mass is 35.5. The van der Waals surface area contributed by atoms with Crippen LogP contribution in [0.4, 0.5) is 24.8 Å². The molecule has 1 aliphatic rings. The van der Waals surface area contributed by atoms with Gasteiger partial charge in [-0.3, -0.25) is 14.7 Å². The first-order valence-electron chi connectivity index (χ1n) is 13.3. The number of aryl methyl sites for hydroxylation is 1. The number of anilines is 2. The molecule has 0 unspecified atom stereocenters. The third kappa shape index (κ3) is 6.98. The van der Waals surface area contributed by atoms with Gasteiger partial charge >= 0.3 is 6.18 Å². The van der Waals surface area contributed by atoms with Crippen LogP contribution in [0.5, 0.6) is 11.5 Å². The fourth-order valence-corrected chi connectivity index (χ4v) is 5.02. The molecule has 1 aliphatic heterocycles. The first-order chi connectivity index (χ1) is 19.6. The van der Waals surface area contributed by atoms with E-state index in [4.69, 9.17) is 16.3 Å². The monoisotopic (exact) mass is 586 g/mol. The molecule has 8 nitrogen and oxygen atoms in total. The highest BCUT2D eigenvalue weighted by molar-refractivity contribution is 6.33. The first-order valence-corrected chi connectivity index (χ1v) is 13.7. The second-order valence-electron chi connectivity index (χ2n) is 9.97. The van der Waals surface area contributed by atoms with Crippen molar-refractivity contribution >= 4 is 40.1 Å². The van der Waals surface area contributed by atoms with Crippen molar-refractivity contribution in [1.29, 1.82) is 0 Å². The number of carbonyl (C=O) groups excluding carboxylic acids is 1. The highest BCUT2D eigenvalue weighted by Crippen LogP contribution is 2.35. The Balaban J connectivity index is 1.24. The van der Waals surface area contributed by atoms with Crippen molar-refractivity contribution in [2.45, 2.75) is 19.5 Å². The molecule has 5 rings (SSSR count). The summed E-state index contributed by atoms with van der Waals surface area (Å²) in [4.78, 5) is 26.2. The van der Waals surface area contributed by atoms with Gasteiger partial charge in [0.05, 0.1) is 46.0 Å². The fourth-order valence-electron chi connectivity index (χ4n) is 4.79. The Morgan fingerprint density at radius 1 is 1.02 bits per heavy atom. The summed E-state index contributed by atoms with van der Waals surface area (Å²) in [6.07, 6.45) is -2.63. The summed E-state index contributed by atoms with van der Waals surface area (Å²) in [5.74, 6) is 1.60. The smallest absolute Gasteiger partial charge is 0.416 e. The second-order valence-corrected chi connectivity index (χ2v) is 10.4. The molecular formula is C29H30ClF3N6O2. The molecule has 3 heterocycles. The van der Waals surface area contributed by atoms with Crippen molar-refractivity contribution in [1.82, 2.24) is 24.3 Å². The molecule has 0 aliphatic carbocycles. The summed E-state index contributed by atoms with van der Waals surface area (Å²) in [5, 5.41) is 2.94. The van der Waals surface area contributed by atoms with E-state index in [0.29, 0.717) is 40.9 Å². The minimum atomic E-state index is -4.48. The Kier molecular flexibility index (Phi) is 8.48. The van der Waals surface area contributed by atoms with E-state index in [9.17, 15) is 18.0 Å². The number of halogens is 4. The molecule has 4 aromatic rings. The lowest BCUT2D eigenvalue weighted by Gasteiger charge is -2.33. The number of pyridine rings is 1. The molecule has 12 heteroatoms. The van der Waals surface area contributed by atoms with Crippen LogP contribution in [0.15, 0.2) is 54.7 Å². The summed E-state index contributed by atoms with van der Waals surface area (Å²) < 4.78 is 46.8. The van der Waals surface area contributed by atoms with Gasteiger partial charge in [0.25, 0.3) is 0 Å². The van der Waals surface area contributed by atoms with Gasteiger partial charge in [-0.25, -0.2) is 4.98 Å². The highest BCUT2D eigenvalue weighted by Gasteiger charge is 2.31. The van der Waals surface area contributed by atoms with Crippen molar-refractivity contribution in [2.75, 3.05) is 44.6 Å². The van der Waals surface area contributed by atoms with Crippen LogP contribution in [0.1, 0.15) is 18.2 Å². The van der Waals surface area contributed by atoms with Gasteiger partial charge in [0.15, 0.2) is 5.78 Å². The standard InChI is InChI=1S/C29H30ClF3N6O2/c1-3-38-10-12-39(13-11-38)18-21(40)15-20-16-23(8-9-34-20)41-22-5-7-27-26(17-22)36-28(37(27)2)35-25-6-4-19(14-24(25)30)29(31,32)33/h4-9,14,16-17H,3,10-13,15,18H2,1-2H3,(H,35,36). The van der Waals surface area contributed by atoms with Crippen LogP contribution in [-0.2, 0) is 24.4 Å². The lowest BCUT2D eigenvalue weighted by atomic mass is 10.1. The van der Waals surface area contributed by atoms with Gasteiger partial charge in [0.2, 0.25) is 5.95 Å². The lowest BCUT2D eigenvalue weighted by molar-refractivity contribution is -0.137. The van der Waals surface area contributed by atoms with Gasteiger partial charge in [-0.2, -0.15) is 13.2 Å². The third-order valence-electron chi connectivity index (χ3n) is 7.11. The fraction of sp³-hybridized carbons (Fsp3) is 0.345. The van der Waals surface area contributed by atoms with Crippen molar-refractivity contribution in [3.8, 4) is 11.5 Å². The third-order valence-corrected chi connectivity index (χ3v) is 7.42. The Hall–Kier alpha value is -3.67. The minimum absolute atomic E-state index is 0.0676. The van der Waals surface area contributed by atoms with E-state index in [1.165, 1.54) is 6.07 Å². The Morgan fingerprint density at radius 2 is 1.76 bits per heavy atom. The number of nitrogens with one attached hydrogen (secondary N) is 1. The molecule has 0 spiro atoms. The summed E-state index contributed by atoms with van der Waals surface area (Å²) in [6, 6.07) is 12.0. The number of alkyl halides is 3. The summed E-state index contributed by atoms with van der Waals surface area (Å²) in [7, 11) is 1.78. The average Bonchev–Trinajstić information content (AvgIpc) is 3.24. The number of Topliss-reactive ketones (excluding diaryl/α,β-unsaturated/α-hetero) is 1. The summed E-state index contributed by atoms with van der Waals surface area (Å²) in [5.41, 5.74) is 1.51. The number of likely N-dealkylation sites (N-methyl/N-ethyl adjacent to an activating group) is 1. The zero-order chi connectivity index (χ0) is 29.1. The number of aromatic nitrogens is 3. The van der Waals surface area contributed by atoms with Crippen LogP contribution < -0.4 is 10.1 Å². The van der Waals surface area contributed by atoms with Crippen molar-refractivity contribution in [2.24, 2.45) is 7.05 Å².